The van der Waals surface area contributed by atoms with Gasteiger partial charge in [0.25, 0.3) is 0 Å². The first-order chi connectivity index (χ1) is 7.07. The summed E-state index contributed by atoms with van der Waals surface area (Å²) in [6, 6.07) is 0. The van der Waals surface area contributed by atoms with E-state index in [0.717, 1.165) is 19.4 Å². The molecular weight excluding hydrogens is 211 g/mol. The van der Waals surface area contributed by atoms with Gasteiger partial charge in [0.15, 0.2) is 0 Å². The van der Waals surface area contributed by atoms with Gasteiger partial charge >= 0.3 is 12.1 Å². The molecule has 1 aliphatic rings. The van der Waals surface area contributed by atoms with Crippen LogP contribution in [0.25, 0.3) is 0 Å². The van der Waals surface area contributed by atoms with E-state index < -0.39 is 12.1 Å². The predicted molar refractivity (Wildman–Crippen MR) is 44.1 cm³/mol. The van der Waals surface area contributed by atoms with Crippen LogP contribution < -0.4 is 5.32 Å². The zero-order valence-electron chi connectivity index (χ0n) is 7.84. The van der Waals surface area contributed by atoms with Crippen molar-refractivity contribution in [2.45, 2.75) is 24.9 Å². The summed E-state index contributed by atoms with van der Waals surface area (Å²) >= 11 is 0. The van der Waals surface area contributed by atoms with Crippen LogP contribution in [0.3, 0.4) is 0 Å². The second-order valence-corrected chi connectivity index (χ2v) is 3.49. The Balaban J connectivity index is 2.12. The molecule has 0 amide bonds. The van der Waals surface area contributed by atoms with Gasteiger partial charge in [-0.05, 0) is 19.4 Å². The molecule has 1 atom stereocenters. The van der Waals surface area contributed by atoms with Crippen LogP contribution in [0.2, 0.25) is 0 Å². The Bertz CT molecular complexity index is 330. The highest BCUT2D eigenvalue weighted by atomic mass is 19.4. The predicted octanol–water partition coefficient (Wildman–Crippen LogP) is 1.56. The second-order valence-electron chi connectivity index (χ2n) is 3.49. The van der Waals surface area contributed by atoms with Crippen molar-refractivity contribution in [2.75, 3.05) is 13.1 Å². The summed E-state index contributed by atoms with van der Waals surface area (Å²) in [4.78, 5) is 0. The number of nitrogens with zero attached hydrogens (tertiary/aromatic N) is 2. The second kappa shape index (κ2) is 3.80. The van der Waals surface area contributed by atoms with Crippen molar-refractivity contribution in [1.29, 1.82) is 0 Å². The molecule has 0 aliphatic carbocycles. The van der Waals surface area contributed by atoms with Crippen LogP contribution in [0, 0.1) is 0 Å². The highest BCUT2D eigenvalue weighted by Gasteiger charge is 2.38. The van der Waals surface area contributed by atoms with Crippen LogP contribution in [0.1, 0.15) is 30.5 Å². The average Bonchev–Trinajstić information content (AvgIpc) is 2.67. The van der Waals surface area contributed by atoms with Gasteiger partial charge in [0.05, 0.1) is 0 Å². The van der Waals surface area contributed by atoms with E-state index in [2.05, 4.69) is 19.9 Å². The molecule has 0 saturated carbocycles. The molecule has 0 bridgehead atoms. The monoisotopic (exact) mass is 221 g/mol. The van der Waals surface area contributed by atoms with Gasteiger partial charge in [-0.1, -0.05) is 0 Å². The van der Waals surface area contributed by atoms with E-state index in [1.807, 2.05) is 0 Å². The molecule has 1 N–H and O–H groups in total. The highest BCUT2D eigenvalue weighted by molar-refractivity contribution is 4.96. The highest BCUT2D eigenvalue weighted by Crippen LogP contribution is 2.30. The van der Waals surface area contributed by atoms with Crippen LogP contribution >= 0.6 is 0 Å². The first-order valence-electron chi connectivity index (χ1n) is 4.68. The number of hydrogen-bond donors (Lipinski definition) is 1. The topological polar surface area (TPSA) is 51.0 Å². The van der Waals surface area contributed by atoms with Gasteiger partial charge in [0.1, 0.15) is 0 Å². The number of rotatable bonds is 1. The third-order valence-corrected chi connectivity index (χ3v) is 2.33. The molecule has 4 nitrogen and oxygen atoms in total. The minimum absolute atomic E-state index is 0.0783. The number of alkyl halides is 3. The van der Waals surface area contributed by atoms with Crippen LogP contribution in [0.5, 0.6) is 0 Å². The first-order valence-corrected chi connectivity index (χ1v) is 4.68. The summed E-state index contributed by atoms with van der Waals surface area (Å²) in [6.45, 7) is 1.48. The standard InChI is InChI=1S/C8H10F3N3O/c9-8(10,11)7-14-13-6(15-7)5-2-1-3-12-4-5/h5,12H,1-4H2/t5-/m0/s1. The van der Waals surface area contributed by atoms with Crippen molar-refractivity contribution in [1.82, 2.24) is 15.5 Å². The molecule has 0 aromatic carbocycles. The normalized spacial score (nSPS) is 23.0. The van der Waals surface area contributed by atoms with Crippen LogP contribution in [0.15, 0.2) is 4.42 Å². The third-order valence-electron chi connectivity index (χ3n) is 2.33. The molecule has 1 aromatic rings. The van der Waals surface area contributed by atoms with Crippen molar-refractivity contribution in [3.63, 3.8) is 0 Å². The quantitative estimate of drug-likeness (QED) is 0.781. The van der Waals surface area contributed by atoms with Crippen LogP contribution in [-0.2, 0) is 6.18 Å². The van der Waals surface area contributed by atoms with E-state index in [0.29, 0.717) is 6.54 Å². The zero-order chi connectivity index (χ0) is 10.9. The fourth-order valence-electron chi connectivity index (χ4n) is 1.58. The lowest BCUT2D eigenvalue weighted by molar-refractivity contribution is -0.157. The maximum absolute atomic E-state index is 12.2. The number of aromatic nitrogens is 2. The molecule has 0 unspecified atom stereocenters. The van der Waals surface area contributed by atoms with E-state index in [9.17, 15) is 13.2 Å². The Morgan fingerprint density at radius 2 is 2.13 bits per heavy atom. The number of hydrogen-bond acceptors (Lipinski definition) is 4. The lowest BCUT2D eigenvalue weighted by Crippen LogP contribution is -2.28. The molecule has 1 fully saturated rings. The summed E-state index contributed by atoms with van der Waals surface area (Å²) in [5.74, 6) is -1.28. The lowest BCUT2D eigenvalue weighted by Gasteiger charge is -2.18. The van der Waals surface area contributed by atoms with Crippen molar-refractivity contribution < 1.29 is 17.6 Å². The SMILES string of the molecule is FC(F)(F)c1nnc([C@H]2CCCNC2)o1. The van der Waals surface area contributed by atoms with Crippen molar-refractivity contribution >= 4 is 0 Å². The Morgan fingerprint density at radius 1 is 1.33 bits per heavy atom. The smallest absolute Gasteiger partial charge is 0.417 e. The fraction of sp³-hybridized carbons (Fsp3) is 0.750. The maximum Gasteiger partial charge on any atom is 0.470 e. The fourth-order valence-corrected chi connectivity index (χ4v) is 1.58. The minimum Gasteiger partial charge on any atom is -0.417 e. The Morgan fingerprint density at radius 3 is 2.67 bits per heavy atom. The third kappa shape index (κ3) is 2.28. The van der Waals surface area contributed by atoms with E-state index >= 15 is 0 Å². The number of piperidine rings is 1. The first kappa shape index (κ1) is 10.4. The summed E-state index contributed by atoms with van der Waals surface area (Å²) in [5.41, 5.74) is 0. The molecule has 1 saturated heterocycles. The van der Waals surface area contributed by atoms with Gasteiger partial charge in [-0.3, -0.25) is 0 Å². The van der Waals surface area contributed by atoms with Gasteiger partial charge in [0.2, 0.25) is 5.89 Å². The average molecular weight is 221 g/mol. The lowest BCUT2D eigenvalue weighted by atomic mass is 10.00. The molecule has 0 radical (unpaired) electrons. The number of halogens is 3. The van der Waals surface area contributed by atoms with E-state index in [1.165, 1.54) is 0 Å². The molecule has 2 heterocycles. The summed E-state index contributed by atoms with van der Waals surface area (Å²) in [7, 11) is 0. The van der Waals surface area contributed by atoms with E-state index in [4.69, 9.17) is 0 Å². The largest absolute Gasteiger partial charge is 0.470 e. The molecule has 7 heteroatoms. The zero-order valence-corrected chi connectivity index (χ0v) is 7.84. The van der Waals surface area contributed by atoms with Crippen molar-refractivity contribution in [3.05, 3.63) is 11.8 Å². The Hall–Kier alpha value is -1.11. The maximum atomic E-state index is 12.2. The molecule has 84 valence electrons. The van der Waals surface area contributed by atoms with Crippen LogP contribution in [-0.4, -0.2) is 23.3 Å². The summed E-state index contributed by atoms with van der Waals surface area (Å²) in [5, 5.41) is 9.50. The van der Waals surface area contributed by atoms with Gasteiger partial charge in [-0.25, -0.2) is 0 Å². The molecule has 15 heavy (non-hydrogen) atoms. The molecular formula is C8H10F3N3O. The van der Waals surface area contributed by atoms with Gasteiger partial charge < -0.3 is 9.73 Å². The van der Waals surface area contributed by atoms with Gasteiger partial charge in [-0.2, -0.15) is 13.2 Å². The van der Waals surface area contributed by atoms with Crippen molar-refractivity contribution in [2.24, 2.45) is 0 Å². The summed E-state index contributed by atoms with van der Waals surface area (Å²) in [6.07, 6.45) is -2.85. The minimum atomic E-state index is -4.55. The van der Waals surface area contributed by atoms with Crippen molar-refractivity contribution in [3.8, 4) is 0 Å². The molecule has 1 aromatic heterocycles. The summed E-state index contributed by atoms with van der Waals surface area (Å²) < 4.78 is 41.1. The molecule has 1 aliphatic heterocycles. The van der Waals surface area contributed by atoms with E-state index in [-0.39, 0.29) is 11.8 Å². The van der Waals surface area contributed by atoms with Gasteiger partial charge in [0, 0.05) is 12.5 Å². The molecule has 0 spiro atoms. The van der Waals surface area contributed by atoms with E-state index in [1.54, 1.807) is 0 Å². The Labute approximate surface area is 83.9 Å². The Kier molecular flexibility index (Phi) is 2.64. The molecule has 2 rings (SSSR count). The van der Waals surface area contributed by atoms with Crippen LogP contribution in [0.4, 0.5) is 13.2 Å². The van der Waals surface area contributed by atoms with Gasteiger partial charge in [-0.15, -0.1) is 10.2 Å². The number of nitrogens with one attached hydrogen (secondary N) is 1.